The molecule has 7 heteroatoms. The van der Waals surface area contributed by atoms with E-state index in [9.17, 15) is 9.59 Å². The molecule has 1 aromatic heterocycles. The van der Waals surface area contributed by atoms with Crippen molar-refractivity contribution in [3.05, 3.63) is 17.8 Å². The Morgan fingerprint density at radius 3 is 2.35 bits per heavy atom. The highest BCUT2D eigenvalue weighted by Crippen LogP contribution is 2.31. The second-order valence-corrected chi connectivity index (χ2v) is 5.66. The third-order valence-electron chi connectivity index (χ3n) is 2.62. The first-order valence-corrected chi connectivity index (χ1v) is 6.37. The second kappa shape index (κ2) is 5.07. The van der Waals surface area contributed by atoms with Gasteiger partial charge in [0.25, 0.3) is 0 Å². The first-order chi connectivity index (χ1) is 9.28. The van der Waals surface area contributed by atoms with E-state index < -0.39 is 17.7 Å². The van der Waals surface area contributed by atoms with Gasteiger partial charge in [-0.1, -0.05) is 0 Å². The Labute approximate surface area is 116 Å². The maximum absolute atomic E-state index is 12.2. The summed E-state index contributed by atoms with van der Waals surface area (Å²) in [5, 5.41) is 16.2. The van der Waals surface area contributed by atoms with Crippen LogP contribution in [0.25, 0.3) is 0 Å². The number of nitrogens with zero attached hydrogens (tertiary/aromatic N) is 3. The number of amides is 1. The number of rotatable bonds is 3. The Morgan fingerprint density at radius 1 is 1.30 bits per heavy atom. The van der Waals surface area contributed by atoms with E-state index >= 15 is 0 Å². The Kier molecular flexibility index (Phi) is 3.61. The van der Waals surface area contributed by atoms with Crippen LogP contribution < -0.4 is 4.90 Å². The molecule has 0 aromatic carbocycles. The van der Waals surface area contributed by atoms with Gasteiger partial charge in [-0.05, 0) is 45.7 Å². The van der Waals surface area contributed by atoms with Gasteiger partial charge in [0.15, 0.2) is 11.5 Å². The maximum Gasteiger partial charge on any atom is 0.416 e. The molecule has 0 aliphatic heterocycles. The smallest absolute Gasteiger partial charge is 0.416 e. The van der Waals surface area contributed by atoms with Gasteiger partial charge in [0.1, 0.15) is 5.60 Å². The van der Waals surface area contributed by atoms with Gasteiger partial charge >= 0.3 is 12.1 Å². The topological polar surface area (TPSA) is 92.6 Å². The number of carboxylic acids is 1. The van der Waals surface area contributed by atoms with Crippen LogP contribution in [0.1, 0.15) is 44.1 Å². The Morgan fingerprint density at radius 2 is 1.95 bits per heavy atom. The molecule has 0 bridgehead atoms. The summed E-state index contributed by atoms with van der Waals surface area (Å²) in [6.45, 7) is 5.36. The molecular formula is C13H17N3O4. The van der Waals surface area contributed by atoms with Gasteiger partial charge in [0.2, 0.25) is 0 Å². The zero-order valence-corrected chi connectivity index (χ0v) is 11.7. The molecule has 1 amide bonds. The molecule has 0 unspecified atom stereocenters. The van der Waals surface area contributed by atoms with Gasteiger partial charge in [0.05, 0.1) is 0 Å². The Balaban J connectivity index is 2.20. The predicted octanol–water partition coefficient (Wildman–Crippen LogP) is 2.08. The molecule has 7 nitrogen and oxygen atoms in total. The first-order valence-electron chi connectivity index (χ1n) is 6.37. The third kappa shape index (κ3) is 3.43. The minimum absolute atomic E-state index is 0.0508. The minimum Gasteiger partial charge on any atom is -0.476 e. The molecule has 1 saturated carbocycles. The third-order valence-corrected chi connectivity index (χ3v) is 2.62. The number of carbonyl (C=O) groups is 2. The quantitative estimate of drug-likeness (QED) is 0.910. The summed E-state index contributed by atoms with van der Waals surface area (Å²) in [5.41, 5.74) is -0.757. The van der Waals surface area contributed by atoms with Crippen LogP contribution >= 0.6 is 0 Å². The number of ether oxygens (including phenoxy) is 1. The number of aromatic nitrogens is 2. The van der Waals surface area contributed by atoms with Crippen LogP contribution in [0.3, 0.4) is 0 Å². The Bertz CT molecular complexity index is 517. The lowest BCUT2D eigenvalue weighted by atomic mass is 10.2. The van der Waals surface area contributed by atoms with Gasteiger partial charge < -0.3 is 9.84 Å². The van der Waals surface area contributed by atoms with Crippen molar-refractivity contribution in [3.8, 4) is 0 Å². The fraction of sp³-hybridized carbons (Fsp3) is 0.538. The monoisotopic (exact) mass is 279 g/mol. The lowest BCUT2D eigenvalue weighted by Crippen LogP contribution is -2.39. The molecule has 2 rings (SSSR count). The molecule has 1 fully saturated rings. The number of aromatic carboxylic acids is 1. The van der Waals surface area contributed by atoms with Crippen LogP contribution in [0.15, 0.2) is 12.1 Å². The summed E-state index contributed by atoms with van der Waals surface area (Å²) in [6.07, 6.45) is 1.26. The highest BCUT2D eigenvalue weighted by atomic mass is 16.6. The van der Waals surface area contributed by atoms with E-state index in [1.165, 1.54) is 17.0 Å². The van der Waals surface area contributed by atoms with Gasteiger partial charge in [-0.3, -0.25) is 4.90 Å². The highest BCUT2D eigenvalue weighted by Gasteiger charge is 2.37. The van der Waals surface area contributed by atoms with Crippen LogP contribution in [0.2, 0.25) is 0 Å². The van der Waals surface area contributed by atoms with E-state index in [0.717, 1.165) is 12.8 Å². The molecule has 1 aromatic rings. The van der Waals surface area contributed by atoms with Gasteiger partial charge in [-0.25, -0.2) is 9.59 Å². The molecule has 1 N–H and O–H groups in total. The van der Waals surface area contributed by atoms with E-state index in [4.69, 9.17) is 9.84 Å². The van der Waals surface area contributed by atoms with E-state index in [2.05, 4.69) is 10.2 Å². The molecule has 1 aliphatic rings. The second-order valence-electron chi connectivity index (χ2n) is 5.66. The van der Waals surface area contributed by atoms with Gasteiger partial charge in [0, 0.05) is 6.04 Å². The van der Waals surface area contributed by atoms with E-state index in [1.807, 2.05) is 0 Å². The summed E-state index contributed by atoms with van der Waals surface area (Å²) in [6, 6.07) is 2.85. The van der Waals surface area contributed by atoms with Crippen LogP contribution in [-0.4, -0.2) is 39.0 Å². The van der Waals surface area contributed by atoms with E-state index in [0.29, 0.717) is 5.82 Å². The fourth-order valence-electron chi connectivity index (χ4n) is 1.64. The molecular weight excluding hydrogens is 262 g/mol. The van der Waals surface area contributed by atoms with Gasteiger partial charge in [-0.2, -0.15) is 0 Å². The zero-order valence-electron chi connectivity index (χ0n) is 11.7. The molecule has 0 saturated heterocycles. The van der Waals surface area contributed by atoms with Crippen LogP contribution in [0, 0.1) is 0 Å². The molecule has 108 valence electrons. The highest BCUT2D eigenvalue weighted by molar-refractivity contribution is 5.89. The lowest BCUT2D eigenvalue weighted by Gasteiger charge is -2.26. The number of hydrogen-bond donors (Lipinski definition) is 1. The van der Waals surface area contributed by atoms with E-state index in [1.54, 1.807) is 20.8 Å². The standard InChI is InChI=1S/C13H17N3O4/c1-13(2,3)20-12(19)16(8-4-5-8)10-7-6-9(11(17)18)14-15-10/h6-8H,4-5H2,1-3H3,(H,17,18). The van der Waals surface area contributed by atoms with Crippen molar-refractivity contribution in [2.45, 2.75) is 45.3 Å². The summed E-state index contributed by atoms with van der Waals surface area (Å²) < 4.78 is 5.34. The van der Waals surface area contributed by atoms with Crippen molar-refractivity contribution in [3.63, 3.8) is 0 Å². The molecule has 0 spiro atoms. The number of carbonyl (C=O) groups excluding carboxylic acids is 1. The average molecular weight is 279 g/mol. The molecule has 20 heavy (non-hydrogen) atoms. The number of hydrogen-bond acceptors (Lipinski definition) is 5. The molecule has 0 atom stereocenters. The fourth-order valence-corrected chi connectivity index (χ4v) is 1.64. The minimum atomic E-state index is -1.15. The number of carboxylic acid groups (broad SMARTS) is 1. The maximum atomic E-state index is 12.2. The normalized spacial score (nSPS) is 14.8. The van der Waals surface area contributed by atoms with Gasteiger partial charge in [-0.15, -0.1) is 10.2 Å². The summed E-state index contributed by atoms with van der Waals surface area (Å²) in [7, 11) is 0. The van der Waals surface area contributed by atoms with Crippen LogP contribution in [0.4, 0.5) is 10.6 Å². The zero-order chi connectivity index (χ0) is 14.9. The van der Waals surface area contributed by atoms with Crippen molar-refractivity contribution in [2.75, 3.05) is 4.90 Å². The molecule has 0 radical (unpaired) electrons. The summed E-state index contributed by atoms with van der Waals surface area (Å²) in [4.78, 5) is 24.4. The summed E-state index contributed by atoms with van der Waals surface area (Å²) >= 11 is 0. The van der Waals surface area contributed by atoms with Crippen LogP contribution in [0.5, 0.6) is 0 Å². The van der Waals surface area contributed by atoms with Crippen molar-refractivity contribution in [2.24, 2.45) is 0 Å². The average Bonchev–Trinajstić information content (AvgIpc) is 3.12. The van der Waals surface area contributed by atoms with Crippen molar-refractivity contribution >= 4 is 17.9 Å². The SMILES string of the molecule is CC(C)(C)OC(=O)N(c1ccc(C(=O)O)nn1)C1CC1. The largest absolute Gasteiger partial charge is 0.476 e. The lowest BCUT2D eigenvalue weighted by molar-refractivity contribution is 0.0576. The Hall–Kier alpha value is -2.18. The van der Waals surface area contributed by atoms with E-state index in [-0.39, 0.29) is 11.7 Å². The van der Waals surface area contributed by atoms with Crippen LogP contribution in [-0.2, 0) is 4.74 Å². The number of anilines is 1. The van der Waals surface area contributed by atoms with Crippen molar-refractivity contribution in [1.82, 2.24) is 10.2 Å². The molecule has 1 heterocycles. The first kappa shape index (κ1) is 14.2. The molecule has 1 aliphatic carbocycles. The van der Waals surface area contributed by atoms with Crippen molar-refractivity contribution < 1.29 is 19.4 Å². The van der Waals surface area contributed by atoms with Crippen molar-refractivity contribution in [1.29, 1.82) is 0 Å². The summed E-state index contributed by atoms with van der Waals surface area (Å²) in [5.74, 6) is -0.842. The predicted molar refractivity (Wildman–Crippen MR) is 70.7 cm³/mol.